The Hall–Kier alpha value is -3.94. The Kier molecular flexibility index (Phi) is 7.16. The summed E-state index contributed by atoms with van der Waals surface area (Å²) in [6.45, 7) is 4.37. The number of carbonyl (C=O) groups excluding carboxylic acids is 1. The second-order valence-electron chi connectivity index (χ2n) is 6.49. The first-order valence-corrected chi connectivity index (χ1v) is 9.67. The van der Waals surface area contributed by atoms with Crippen LogP contribution in [0.2, 0.25) is 0 Å². The highest BCUT2D eigenvalue weighted by Gasteiger charge is 2.12. The molecule has 1 N–H and O–H groups in total. The Bertz CT molecular complexity index is 1060. The van der Waals surface area contributed by atoms with Gasteiger partial charge in [0.2, 0.25) is 0 Å². The van der Waals surface area contributed by atoms with E-state index in [1.165, 1.54) is 12.4 Å². The van der Waals surface area contributed by atoms with Crippen molar-refractivity contribution in [1.82, 2.24) is 15.4 Å². The first-order chi connectivity index (χ1) is 15.0. The van der Waals surface area contributed by atoms with Crippen molar-refractivity contribution in [2.24, 2.45) is 5.10 Å². The molecule has 0 atom stereocenters. The lowest BCUT2D eigenvalue weighted by atomic mass is 10.1. The van der Waals surface area contributed by atoms with E-state index in [1.807, 2.05) is 38.1 Å². The molecule has 0 unspecified atom stereocenters. The van der Waals surface area contributed by atoms with Gasteiger partial charge in [-0.05, 0) is 50.2 Å². The molecule has 0 aliphatic rings. The van der Waals surface area contributed by atoms with Gasteiger partial charge in [0.15, 0.2) is 0 Å². The van der Waals surface area contributed by atoms with Crippen LogP contribution in [0.5, 0.6) is 17.2 Å². The summed E-state index contributed by atoms with van der Waals surface area (Å²) in [6, 6.07) is 12.8. The standard InChI is InChI=1S/C23H24N4O4/c1-5-31-18-8-6-17(7-9-18)22-15(2)24-14-21(26-22)23(28)27-25-13-16-10-19(29-3)12-20(11-16)30-4/h6-14H,5H2,1-4H3,(H,27,28)/b25-13+. The number of benzene rings is 2. The van der Waals surface area contributed by atoms with Crippen molar-refractivity contribution in [3.05, 3.63) is 65.6 Å². The predicted octanol–water partition coefficient (Wildman–Crippen LogP) is 3.63. The number of hydrogen-bond acceptors (Lipinski definition) is 7. The van der Waals surface area contributed by atoms with Crippen molar-refractivity contribution in [2.45, 2.75) is 13.8 Å². The topological polar surface area (TPSA) is 94.9 Å². The van der Waals surface area contributed by atoms with E-state index >= 15 is 0 Å². The fraction of sp³-hybridized carbons (Fsp3) is 0.217. The fourth-order valence-electron chi connectivity index (χ4n) is 2.83. The number of aryl methyl sites for hydroxylation is 1. The Morgan fingerprint density at radius 1 is 1.06 bits per heavy atom. The van der Waals surface area contributed by atoms with Crippen molar-refractivity contribution >= 4 is 12.1 Å². The third-order valence-corrected chi connectivity index (χ3v) is 4.38. The molecule has 31 heavy (non-hydrogen) atoms. The summed E-state index contributed by atoms with van der Waals surface area (Å²) in [5, 5.41) is 4.01. The van der Waals surface area contributed by atoms with Crippen LogP contribution in [-0.2, 0) is 0 Å². The zero-order valence-electron chi connectivity index (χ0n) is 17.9. The Balaban J connectivity index is 1.75. The largest absolute Gasteiger partial charge is 0.497 e. The molecule has 1 aromatic heterocycles. The van der Waals surface area contributed by atoms with Crippen molar-refractivity contribution in [3.63, 3.8) is 0 Å². The molecule has 0 saturated carbocycles. The molecule has 0 spiro atoms. The summed E-state index contributed by atoms with van der Waals surface area (Å²) in [5.74, 6) is 1.55. The first-order valence-electron chi connectivity index (χ1n) is 9.67. The van der Waals surface area contributed by atoms with Crippen LogP contribution in [0, 0.1) is 6.92 Å². The SMILES string of the molecule is CCOc1ccc(-c2nc(C(=O)N/N=C/c3cc(OC)cc(OC)c3)cnc2C)cc1. The van der Waals surface area contributed by atoms with E-state index in [2.05, 4.69) is 20.5 Å². The highest BCUT2D eigenvalue weighted by molar-refractivity contribution is 5.93. The molecular weight excluding hydrogens is 396 g/mol. The quantitative estimate of drug-likeness (QED) is 0.442. The monoisotopic (exact) mass is 420 g/mol. The van der Waals surface area contributed by atoms with Crippen molar-refractivity contribution in [2.75, 3.05) is 20.8 Å². The molecule has 0 radical (unpaired) electrons. The Morgan fingerprint density at radius 3 is 2.35 bits per heavy atom. The summed E-state index contributed by atoms with van der Waals surface area (Å²) < 4.78 is 15.9. The number of rotatable bonds is 8. The maximum absolute atomic E-state index is 12.5. The van der Waals surface area contributed by atoms with E-state index in [0.717, 1.165) is 11.3 Å². The van der Waals surface area contributed by atoms with Gasteiger partial charge in [-0.2, -0.15) is 5.10 Å². The molecule has 0 aliphatic carbocycles. The molecule has 1 amide bonds. The molecule has 8 heteroatoms. The number of aromatic nitrogens is 2. The van der Waals surface area contributed by atoms with Crippen LogP contribution >= 0.6 is 0 Å². The van der Waals surface area contributed by atoms with Gasteiger partial charge in [-0.3, -0.25) is 9.78 Å². The molecular formula is C23H24N4O4. The number of methoxy groups -OCH3 is 2. The summed E-state index contributed by atoms with van der Waals surface area (Å²) in [7, 11) is 3.13. The van der Waals surface area contributed by atoms with Crippen LogP contribution in [0.25, 0.3) is 11.3 Å². The average Bonchev–Trinajstić information content (AvgIpc) is 2.80. The number of nitrogens with one attached hydrogen (secondary N) is 1. The van der Waals surface area contributed by atoms with Crippen molar-refractivity contribution in [3.8, 4) is 28.5 Å². The van der Waals surface area contributed by atoms with E-state index in [0.29, 0.717) is 35.1 Å². The normalized spacial score (nSPS) is 10.7. The van der Waals surface area contributed by atoms with Gasteiger partial charge in [0.25, 0.3) is 5.91 Å². The lowest BCUT2D eigenvalue weighted by molar-refractivity contribution is 0.0950. The molecule has 8 nitrogen and oxygen atoms in total. The second kappa shape index (κ2) is 10.2. The van der Waals surface area contributed by atoms with Gasteiger partial charge < -0.3 is 14.2 Å². The molecule has 0 fully saturated rings. The smallest absolute Gasteiger partial charge is 0.291 e. The summed E-state index contributed by atoms with van der Waals surface area (Å²) in [6.07, 6.45) is 2.92. The first kappa shape index (κ1) is 21.8. The van der Waals surface area contributed by atoms with Crippen molar-refractivity contribution in [1.29, 1.82) is 0 Å². The third kappa shape index (κ3) is 5.57. The molecule has 3 rings (SSSR count). The minimum absolute atomic E-state index is 0.162. The van der Waals surface area contributed by atoms with Gasteiger partial charge in [0.1, 0.15) is 22.9 Å². The minimum atomic E-state index is -0.467. The van der Waals surface area contributed by atoms with Gasteiger partial charge in [0.05, 0.1) is 44.6 Å². The maximum Gasteiger partial charge on any atom is 0.291 e. The predicted molar refractivity (Wildman–Crippen MR) is 118 cm³/mol. The number of carbonyl (C=O) groups is 1. The van der Waals surface area contributed by atoms with Crippen LogP contribution in [0.4, 0.5) is 0 Å². The summed E-state index contributed by atoms with van der Waals surface area (Å²) in [5.41, 5.74) is 5.52. The van der Waals surface area contributed by atoms with E-state index in [-0.39, 0.29) is 5.69 Å². The van der Waals surface area contributed by atoms with Crippen LogP contribution in [0.3, 0.4) is 0 Å². The van der Waals surface area contributed by atoms with Crippen LogP contribution in [-0.4, -0.2) is 42.9 Å². The molecule has 160 valence electrons. The summed E-state index contributed by atoms with van der Waals surface area (Å²) >= 11 is 0. The minimum Gasteiger partial charge on any atom is -0.497 e. The number of hydrazone groups is 1. The van der Waals surface area contributed by atoms with Crippen LogP contribution < -0.4 is 19.6 Å². The number of hydrogen-bond donors (Lipinski definition) is 1. The van der Waals surface area contributed by atoms with Crippen molar-refractivity contribution < 1.29 is 19.0 Å². The van der Waals surface area contributed by atoms with Crippen LogP contribution in [0.15, 0.2) is 53.8 Å². The second-order valence-corrected chi connectivity index (χ2v) is 6.49. The van der Waals surface area contributed by atoms with E-state index in [9.17, 15) is 4.79 Å². The highest BCUT2D eigenvalue weighted by atomic mass is 16.5. The molecule has 1 heterocycles. The molecule has 0 bridgehead atoms. The van der Waals surface area contributed by atoms with Gasteiger partial charge in [-0.1, -0.05) is 0 Å². The molecule has 3 aromatic rings. The zero-order chi connectivity index (χ0) is 22.2. The lowest BCUT2D eigenvalue weighted by Gasteiger charge is -2.08. The summed E-state index contributed by atoms with van der Waals surface area (Å²) in [4.78, 5) is 21.3. The van der Waals surface area contributed by atoms with Gasteiger partial charge in [0, 0.05) is 17.2 Å². The van der Waals surface area contributed by atoms with E-state index < -0.39 is 5.91 Å². The van der Waals surface area contributed by atoms with Crippen LogP contribution in [0.1, 0.15) is 28.7 Å². The van der Waals surface area contributed by atoms with Gasteiger partial charge >= 0.3 is 0 Å². The average molecular weight is 420 g/mol. The zero-order valence-corrected chi connectivity index (χ0v) is 17.9. The lowest BCUT2D eigenvalue weighted by Crippen LogP contribution is -2.20. The molecule has 0 aliphatic heterocycles. The van der Waals surface area contributed by atoms with E-state index in [4.69, 9.17) is 14.2 Å². The van der Waals surface area contributed by atoms with Gasteiger partial charge in [-0.25, -0.2) is 10.4 Å². The maximum atomic E-state index is 12.5. The Labute approximate surface area is 180 Å². The number of nitrogens with zero attached hydrogens (tertiary/aromatic N) is 3. The Morgan fingerprint density at radius 2 is 1.74 bits per heavy atom. The van der Waals surface area contributed by atoms with Gasteiger partial charge in [-0.15, -0.1) is 0 Å². The fourth-order valence-corrected chi connectivity index (χ4v) is 2.83. The number of ether oxygens (including phenoxy) is 3. The molecule has 0 saturated heterocycles. The third-order valence-electron chi connectivity index (χ3n) is 4.38. The van der Waals surface area contributed by atoms with E-state index in [1.54, 1.807) is 32.4 Å². The number of amides is 1. The highest BCUT2D eigenvalue weighted by Crippen LogP contribution is 2.23. The molecule has 2 aromatic carbocycles.